The summed E-state index contributed by atoms with van der Waals surface area (Å²) >= 11 is 1.40. The molecule has 0 bridgehead atoms. The molecule has 0 fully saturated rings. The highest BCUT2D eigenvalue weighted by Gasteiger charge is 2.15. The maximum atomic E-state index is 12.7. The third-order valence-corrected chi connectivity index (χ3v) is 5.73. The molecule has 1 aromatic carbocycles. The van der Waals surface area contributed by atoms with Crippen LogP contribution in [0.3, 0.4) is 0 Å². The molecule has 0 radical (unpaired) electrons. The van der Waals surface area contributed by atoms with Gasteiger partial charge in [-0.25, -0.2) is 0 Å². The van der Waals surface area contributed by atoms with Crippen molar-refractivity contribution < 1.29 is 14.3 Å². The van der Waals surface area contributed by atoms with Gasteiger partial charge in [0.25, 0.3) is 5.91 Å². The number of aromatic nitrogens is 3. The molecule has 29 heavy (non-hydrogen) atoms. The highest BCUT2D eigenvalue weighted by atomic mass is 32.1. The van der Waals surface area contributed by atoms with Crippen LogP contribution >= 0.6 is 11.3 Å². The molecular weight excluding hydrogens is 388 g/mol. The molecule has 1 amide bonds. The fraction of sp³-hybridized carbons (Fsp3) is 0.429. The minimum absolute atomic E-state index is 0.00943. The molecule has 0 saturated carbocycles. The maximum Gasteiger partial charge on any atom is 0.326 e. The van der Waals surface area contributed by atoms with Crippen molar-refractivity contribution in [3.8, 4) is 0 Å². The van der Waals surface area contributed by atoms with Crippen molar-refractivity contribution in [1.29, 1.82) is 0 Å². The number of carbonyl (C=O) groups excluding carboxylic acids is 2. The minimum Gasteiger partial charge on any atom is -0.465 e. The van der Waals surface area contributed by atoms with E-state index in [1.54, 1.807) is 29.3 Å². The van der Waals surface area contributed by atoms with Gasteiger partial charge in [-0.3, -0.25) is 14.3 Å². The summed E-state index contributed by atoms with van der Waals surface area (Å²) in [4.78, 5) is 29.6. The first-order chi connectivity index (χ1) is 13.9. The van der Waals surface area contributed by atoms with E-state index in [0.29, 0.717) is 11.4 Å². The first-order valence-corrected chi connectivity index (χ1v) is 10.6. The van der Waals surface area contributed by atoms with Gasteiger partial charge in [0, 0.05) is 12.7 Å². The van der Waals surface area contributed by atoms with Crippen molar-refractivity contribution in [2.75, 3.05) is 6.61 Å². The Bertz CT molecular complexity index is 1090. The predicted molar refractivity (Wildman–Crippen MR) is 113 cm³/mol. The van der Waals surface area contributed by atoms with Crippen LogP contribution in [0.25, 0.3) is 10.2 Å². The van der Waals surface area contributed by atoms with E-state index in [-0.39, 0.29) is 18.2 Å². The summed E-state index contributed by atoms with van der Waals surface area (Å²) in [6, 6.07) is 7.88. The number of thiazole rings is 1. The van der Waals surface area contributed by atoms with E-state index in [1.807, 2.05) is 13.0 Å². The number of nitrogens with zero attached hydrogens (tertiary/aromatic N) is 4. The van der Waals surface area contributed by atoms with E-state index in [0.717, 1.165) is 35.2 Å². The fourth-order valence-electron chi connectivity index (χ4n) is 3.04. The zero-order valence-electron chi connectivity index (χ0n) is 17.3. The number of ether oxygens (including phenoxy) is 1. The third kappa shape index (κ3) is 4.82. The molecule has 0 N–H and O–H groups in total. The van der Waals surface area contributed by atoms with E-state index in [4.69, 9.17) is 4.74 Å². The highest BCUT2D eigenvalue weighted by molar-refractivity contribution is 7.16. The molecular formula is C21H26N4O3S. The Morgan fingerprint density at radius 3 is 2.69 bits per heavy atom. The average molecular weight is 415 g/mol. The SMILES string of the molecule is CCCCc1ccc2c(c1)sc(=NC(=O)c1cc(C)n(C)n1)n2CC(=O)OCC. The van der Waals surface area contributed by atoms with Crippen molar-refractivity contribution in [3.63, 3.8) is 0 Å². The Balaban J connectivity index is 2.07. The van der Waals surface area contributed by atoms with E-state index in [2.05, 4.69) is 29.1 Å². The van der Waals surface area contributed by atoms with Crippen molar-refractivity contribution in [1.82, 2.24) is 14.3 Å². The number of aryl methyl sites for hydroxylation is 3. The summed E-state index contributed by atoms with van der Waals surface area (Å²) in [6.07, 6.45) is 3.25. The topological polar surface area (TPSA) is 78.5 Å². The van der Waals surface area contributed by atoms with Gasteiger partial charge >= 0.3 is 5.97 Å². The summed E-state index contributed by atoms with van der Waals surface area (Å²) in [6.45, 7) is 6.13. The number of esters is 1. The van der Waals surface area contributed by atoms with Gasteiger partial charge in [-0.1, -0.05) is 30.7 Å². The Labute approximate surface area is 173 Å². The monoisotopic (exact) mass is 414 g/mol. The summed E-state index contributed by atoms with van der Waals surface area (Å²) in [5.41, 5.74) is 3.27. The second-order valence-corrected chi connectivity index (χ2v) is 7.90. The van der Waals surface area contributed by atoms with E-state index in [1.165, 1.54) is 16.9 Å². The number of fused-ring (bicyclic) bond motifs is 1. The first kappa shape index (κ1) is 21.0. The van der Waals surface area contributed by atoms with Crippen molar-refractivity contribution in [2.45, 2.75) is 46.6 Å². The molecule has 0 saturated heterocycles. The molecule has 2 aromatic heterocycles. The van der Waals surface area contributed by atoms with Gasteiger partial charge in [-0.05, 0) is 50.5 Å². The molecule has 7 nitrogen and oxygen atoms in total. The van der Waals surface area contributed by atoms with Crippen molar-refractivity contribution >= 4 is 33.4 Å². The van der Waals surface area contributed by atoms with Crippen LogP contribution in [0.15, 0.2) is 29.3 Å². The standard InChI is InChI=1S/C21H26N4O3S/c1-5-7-8-15-9-10-17-18(12-15)29-21(25(17)13-19(26)28-6-2)22-20(27)16-11-14(3)24(4)23-16/h9-12H,5-8,13H2,1-4H3. The van der Waals surface area contributed by atoms with E-state index < -0.39 is 5.91 Å². The Morgan fingerprint density at radius 1 is 1.24 bits per heavy atom. The van der Waals surface area contributed by atoms with Crippen LogP contribution in [0.4, 0.5) is 0 Å². The van der Waals surface area contributed by atoms with Gasteiger partial charge in [0.05, 0.1) is 16.8 Å². The number of hydrogen-bond donors (Lipinski definition) is 0. The van der Waals surface area contributed by atoms with Crippen LogP contribution in [-0.4, -0.2) is 32.8 Å². The van der Waals surface area contributed by atoms with Crippen LogP contribution < -0.4 is 4.80 Å². The van der Waals surface area contributed by atoms with Gasteiger partial charge in [-0.15, -0.1) is 0 Å². The minimum atomic E-state index is -0.427. The predicted octanol–water partition coefficient (Wildman–Crippen LogP) is 3.39. The summed E-state index contributed by atoms with van der Waals surface area (Å²) in [5.74, 6) is -0.783. The summed E-state index contributed by atoms with van der Waals surface area (Å²) < 4.78 is 9.48. The smallest absolute Gasteiger partial charge is 0.326 e. The fourth-order valence-corrected chi connectivity index (χ4v) is 4.13. The molecule has 3 rings (SSSR count). The molecule has 0 atom stereocenters. The van der Waals surface area contributed by atoms with Crippen LogP contribution in [0.2, 0.25) is 0 Å². The first-order valence-electron chi connectivity index (χ1n) is 9.80. The van der Waals surface area contributed by atoms with Gasteiger partial charge < -0.3 is 9.30 Å². The lowest BCUT2D eigenvalue weighted by atomic mass is 10.1. The maximum absolute atomic E-state index is 12.7. The van der Waals surface area contributed by atoms with Gasteiger partial charge in [0.15, 0.2) is 10.5 Å². The molecule has 2 heterocycles. The highest BCUT2D eigenvalue weighted by Crippen LogP contribution is 2.21. The molecule has 0 aliphatic carbocycles. The number of unbranched alkanes of at least 4 members (excludes halogenated alkanes) is 1. The van der Waals surface area contributed by atoms with Crippen LogP contribution in [0, 0.1) is 6.92 Å². The molecule has 0 unspecified atom stereocenters. The number of carbonyl (C=O) groups is 2. The molecule has 0 aliphatic heterocycles. The normalized spacial score (nSPS) is 11.9. The van der Waals surface area contributed by atoms with Gasteiger partial charge in [0.1, 0.15) is 6.54 Å². The lowest BCUT2D eigenvalue weighted by molar-refractivity contribution is -0.143. The van der Waals surface area contributed by atoms with Gasteiger partial charge in [-0.2, -0.15) is 10.1 Å². The van der Waals surface area contributed by atoms with Crippen LogP contribution in [0.5, 0.6) is 0 Å². The Hall–Kier alpha value is -2.74. The van der Waals surface area contributed by atoms with Crippen LogP contribution in [0.1, 0.15) is 48.4 Å². The van der Waals surface area contributed by atoms with E-state index in [9.17, 15) is 9.59 Å². The summed E-state index contributed by atoms with van der Waals surface area (Å²) in [5, 5.41) is 4.21. The lowest BCUT2D eigenvalue weighted by Gasteiger charge is -2.06. The quantitative estimate of drug-likeness (QED) is 0.555. The number of benzene rings is 1. The molecule has 0 aliphatic rings. The van der Waals surface area contributed by atoms with Crippen LogP contribution in [-0.2, 0) is 29.5 Å². The second kappa shape index (κ2) is 9.17. The van der Waals surface area contributed by atoms with Crippen molar-refractivity contribution in [2.24, 2.45) is 12.0 Å². The average Bonchev–Trinajstić information content (AvgIpc) is 3.19. The largest absolute Gasteiger partial charge is 0.465 e. The molecule has 8 heteroatoms. The third-order valence-electron chi connectivity index (χ3n) is 4.69. The number of amides is 1. The van der Waals surface area contributed by atoms with E-state index >= 15 is 0 Å². The zero-order valence-corrected chi connectivity index (χ0v) is 18.1. The number of rotatable bonds is 7. The van der Waals surface area contributed by atoms with Crippen molar-refractivity contribution in [3.05, 3.63) is 46.0 Å². The zero-order chi connectivity index (χ0) is 21.0. The molecule has 154 valence electrons. The Morgan fingerprint density at radius 2 is 2.03 bits per heavy atom. The molecule has 3 aromatic rings. The second-order valence-electron chi connectivity index (χ2n) is 6.89. The molecule has 0 spiro atoms. The Kier molecular flexibility index (Phi) is 6.64. The summed E-state index contributed by atoms with van der Waals surface area (Å²) in [7, 11) is 1.78. The number of hydrogen-bond acceptors (Lipinski definition) is 5. The lowest BCUT2D eigenvalue weighted by Crippen LogP contribution is -2.23. The van der Waals surface area contributed by atoms with Gasteiger partial charge in [0.2, 0.25) is 0 Å².